The Balaban J connectivity index is 1.30. The van der Waals surface area contributed by atoms with E-state index >= 15 is 0 Å². The van der Waals surface area contributed by atoms with Crippen LogP contribution in [0.1, 0.15) is 42.8 Å². The van der Waals surface area contributed by atoms with Gasteiger partial charge in [-0.2, -0.15) is 0 Å². The third kappa shape index (κ3) is 4.14. The number of hydrogen-bond acceptors (Lipinski definition) is 4. The summed E-state index contributed by atoms with van der Waals surface area (Å²) in [5.41, 5.74) is 2.48. The second kappa shape index (κ2) is 8.65. The SMILES string of the molecule is CCn1ccnc1[C@H]1OCCC[C@@H]1NC(=O)NCCc1ccc2c(c1)CCO2. The van der Waals surface area contributed by atoms with Gasteiger partial charge in [-0.25, -0.2) is 9.78 Å². The van der Waals surface area contributed by atoms with Gasteiger partial charge in [0.2, 0.25) is 0 Å². The molecular formula is C21H28N4O3. The number of amides is 2. The summed E-state index contributed by atoms with van der Waals surface area (Å²) < 4.78 is 13.6. The number of fused-ring (bicyclic) bond motifs is 1. The molecule has 7 nitrogen and oxygen atoms in total. The predicted molar refractivity (Wildman–Crippen MR) is 105 cm³/mol. The molecular weight excluding hydrogens is 356 g/mol. The van der Waals surface area contributed by atoms with Crippen molar-refractivity contribution in [1.82, 2.24) is 20.2 Å². The van der Waals surface area contributed by atoms with Gasteiger partial charge in [0.25, 0.3) is 0 Å². The van der Waals surface area contributed by atoms with Crippen LogP contribution in [0.25, 0.3) is 0 Å². The van der Waals surface area contributed by atoms with Crippen molar-refractivity contribution in [3.05, 3.63) is 47.5 Å². The van der Waals surface area contributed by atoms with Gasteiger partial charge < -0.3 is 24.7 Å². The van der Waals surface area contributed by atoms with Crippen molar-refractivity contribution in [3.63, 3.8) is 0 Å². The fourth-order valence-electron chi connectivity index (χ4n) is 3.96. The van der Waals surface area contributed by atoms with Crippen molar-refractivity contribution in [2.24, 2.45) is 0 Å². The maximum Gasteiger partial charge on any atom is 0.315 e. The molecule has 3 heterocycles. The second-order valence-corrected chi connectivity index (χ2v) is 7.30. The maximum absolute atomic E-state index is 12.4. The molecule has 28 heavy (non-hydrogen) atoms. The van der Waals surface area contributed by atoms with E-state index < -0.39 is 0 Å². The monoisotopic (exact) mass is 384 g/mol. The van der Waals surface area contributed by atoms with Crippen LogP contribution in [-0.2, 0) is 24.1 Å². The molecule has 0 unspecified atom stereocenters. The smallest absolute Gasteiger partial charge is 0.315 e. The number of hydrogen-bond donors (Lipinski definition) is 2. The molecule has 2 aromatic rings. The summed E-state index contributed by atoms with van der Waals surface area (Å²) in [6.45, 7) is 4.96. The summed E-state index contributed by atoms with van der Waals surface area (Å²) in [4.78, 5) is 16.9. The Morgan fingerprint density at radius 2 is 2.29 bits per heavy atom. The van der Waals surface area contributed by atoms with E-state index in [-0.39, 0.29) is 18.2 Å². The molecule has 0 radical (unpaired) electrons. The first-order valence-corrected chi connectivity index (χ1v) is 10.2. The molecule has 1 aromatic heterocycles. The summed E-state index contributed by atoms with van der Waals surface area (Å²) in [6, 6.07) is 6.05. The molecule has 0 bridgehead atoms. The number of rotatable bonds is 6. The van der Waals surface area contributed by atoms with Crippen molar-refractivity contribution >= 4 is 6.03 Å². The standard InChI is InChI=1S/C21H28N4O3/c1-2-25-11-10-22-20(25)19-17(4-3-12-28-19)24-21(26)23-9-7-15-5-6-18-16(14-15)8-13-27-18/h5-6,10-11,14,17,19H,2-4,7-9,12-13H2,1H3,(H2,23,24,26)/t17-,19-/m0/s1. The van der Waals surface area contributed by atoms with E-state index in [0.29, 0.717) is 13.2 Å². The lowest BCUT2D eigenvalue weighted by molar-refractivity contribution is -0.0145. The molecule has 7 heteroatoms. The van der Waals surface area contributed by atoms with E-state index in [2.05, 4.69) is 39.2 Å². The summed E-state index contributed by atoms with van der Waals surface area (Å²) in [5.74, 6) is 1.87. The minimum Gasteiger partial charge on any atom is -0.493 e. The topological polar surface area (TPSA) is 77.4 Å². The maximum atomic E-state index is 12.4. The zero-order valence-corrected chi connectivity index (χ0v) is 16.3. The van der Waals surface area contributed by atoms with Gasteiger partial charge in [-0.05, 0) is 43.4 Å². The van der Waals surface area contributed by atoms with Crippen LogP contribution in [-0.4, -0.2) is 41.4 Å². The van der Waals surface area contributed by atoms with Crippen molar-refractivity contribution in [2.45, 2.75) is 51.3 Å². The molecule has 2 aliphatic rings. The van der Waals surface area contributed by atoms with Crippen molar-refractivity contribution in [3.8, 4) is 5.75 Å². The Labute approximate surface area is 165 Å². The number of urea groups is 1. The molecule has 150 valence electrons. The summed E-state index contributed by atoms with van der Waals surface area (Å²) in [5, 5.41) is 6.06. The van der Waals surface area contributed by atoms with Gasteiger partial charge in [0.1, 0.15) is 17.7 Å². The van der Waals surface area contributed by atoms with Crippen LogP contribution < -0.4 is 15.4 Å². The lowest BCUT2D eigenvalue weighted by Crippen LogP contribution is -2.48. The number of carbonyl (C=O) groups excluding carboxylic acids is 1. The minimum absolute atomic E-state index is 0.0707. The van der Waals surface area contributed by atoms with E-state index in [4.69, 9.17) is 9.47 Å². The first-order chi connectivity index (χ1) is 13.7. The largest absolute Gasteiger partial charge is 0.493 e. The molecule has 0 aliphatic carbocycles. The van der Waals surface area contributed by atoms with Gasteiger partial charge in [-0.15, -0.1) is 0 Å². The number of benzene rings is 1. The van der Waals surface area contributed by atoms with Crippen LogP contribution in [0.4, 0.5) is 4.79 Å². The third-order valence-corrected chi connectivity index (χ3v) is 5.43. The van der Waals surface area contributed by atoms with Crippen LogP contribution in [0.5, 0.6) is 5.75 Å². The average molecular weight is 384 g/mol. The number of carbonyl (C=O) groups is 1. The van der Waals surface area contributed by atoms with E-state index in [9.17, 15) is 4.79 Å². The third-order valence-electron chi connectivity index (χ3n) is 5.43. The Morgan fingerprint density at radius 3 is 3.18 bits per heavy atom. The highest BCUT2D eigenvalue weighted by Crippen LogP contribution is 2.28. The zero-order valence-electron chi connectivity index (χ0n) is 16.3. The lowest BCUT2D eigenvalue weighted by atomic mass is 10.0. The highest BCUT2D eigenvalue weighted by Gasteiger charge is 2.31. The quantitative estimate of drug-likeness (QED) is 0.803. The van der Waals surface area contributed by atoms with E-state index in [1.807, 2.05) is 12.3 Å². The molecule has 1 saturated heterocycles. The number of aryl methyl sites for hydroxylation is 1. The molecule has 2 atom stereocenters. The Bertz CT molecular complexity index is 820. The first kappa shape index (κ1) is 18.8. The van der Waals surface area contributed by atoms with E-state index in [0.717, 1.165) is 50.4 Å². The zero-order chi connectivity index (χ0) is 19.3. The molecule has 2 amide bonds. The number of nitrogens with zero attached hydrogens (tertiary/aromatic N) is 2. The summed E-state index contributed by atoms with van der Waals surface area (Å²) in [6.07, 6.45) is 7.12. The molecule has 0 saturated carbocycles. The second-order valence-electron chi connectivity index (χ2n) is 7.30. The number of ether oxygens (including phenoxy) is 2. The molecule has 4 rings (SSSR count). The van der Waals surface area contributed by atoms with Crippen LogP contribution in [0.15, 0.2) is 30.6 Å². The van der Waals surface area contributed by atoms with Crippen molar-refractivity contribution in [2.75, 3.05) is 19.8 Å². The summed E-state index contributed by atoms with van der Waals surface area (Å²) >= 11 is 0. The number of imidazole rings is 1. The molecule has 1 fully saturated rings. The number of nitrogens with one attached hydrogen (secondary N) is 2. The first-order valence-electron chi connectivity index (χ1n) is 10.2. The van der Waals surface area contributed by atoms with Gasteiger partial charge in [-0.3, -0.25) is 0 Å². The Hall–Kier alpha value is -2.54. The van der Waals surface area contributed by atoms with E-state index in [1.54, 1.807) is 6.20 Å². The fraction of sp³-hybridized carbons (Fsp3) is 0.524. The van der Waals surface area contributed by atoms with Crippen molar-refractivity contribution in [1.29, 1.82) is 0 Å². The Kier molecular flexibility index (Phi) is 5.81. The predicted octanol–water partition coefficient (Wildman–Crippen LogP) is 2.60. The van der Waals surface area contributed by atoms with Crippen LogP contribution in [0.2, 0.25) is 0 Å². The van der Waals surface area contributed by atoms with Gasteiger partial charge >= 0.3 is 6.03 Å². The normalized spacial score (nSPS) is 21.0. The molecule has 2 N–H and O–H groups in total. The highest BCUT2D eigenvalue weighted by molar-refractivity contribution is 5.74. The summed E-state index contributed by atoms with van der Waals surface area (Å²) in [7, 11) is 0. The van der Waals surface area contributed by atoms with E-state index in [1.165, 1.54) is 11.1 Å². The van der Waals surface area contributed by atoms with Gasteiger partial charge in [-0.1, -0.05) is 12.1 Å². The molecule has 1 aromatic carbocycles. The van der Waals surface area contributed by atoms with Gasteiger partial charge in [0, 0.05) is 38.5 Å². The average Bonchev–Trinajstić information content (AvgIpc) is 3.37. The fourth-order valence-corrected chi connectivity index (χ4v) is 3.96. The lowest BCUT2D eigenvalue weighted by Gasteiger charge is -2.32. The molecule has 0 spiro atoms. The molecule has 2 aliphatic heterocycles. The van der Waals surface area contributed by atoms with Crippen LogP contribution in [0.3, 0.4) is 0 Å². The van der Waals surface area contributed by atoms with Crippen molar-refractivity contribution < 1.29 is 14.3 Å². The Morgan fingerprint density at radius 1 is 1.36 bits per heavy atom. The minimum atomic E-state index is -0.203. The van der Waals surface area contributed by atoms with Gasteiger partial charge in [0.05, 0.1) is 12.6 Å². The van der Waals surface area contributed by atoms with Crippen LogP contribution in [0, 0.1) is 0 Å². The van der Waals surface area contributed by atoms with Crippen LogP contribution >= 0.6 is 0 Å². The highest BCUT2D eigenvalue weighted by atomic mass is 16.5. The number of aromatic nitrogens is 2. The van der Waals surface area contributed by atoms with Gasteiger partial charge in [0.15, 0.2) is 0 Å².